The molecule has 23 heteroatoms. The van der Waals surface area contributed by atoms with Gasteiger partial charge in [-0.2, -0.15) is 0 Å². The van der Waals surface area contributed by atoms with Crippen LogP contribution in [0.25, 0.3) is 0 Å². The Labute approximate surface area is 557 Å². The van der Waals surface area contributed by atoms with Gasteiger partial charge in [0.15, 0.2) is 15.9 Å². The molecule has 506 valence electrons. The van der Waals surface area contributed by atoms with Gasteiger partial charge >= 0.3 is 11.9 Å². The van der Waals surface area contributed by atoms with Crippen molar-refractivity contribution < 1.29 is 66.9 Å². The number of cyclic esters (lactones) is 2. The van der Waals surface area contributed by atoms with Gasteiger partial charge in [0.2, 0.25) is 29.5 Å². The van der Waals surface area contributed by atoms with Crippen molar-refractivity contribution in [3.8, 4) is 0 Å². The predicted octanol–water partition coefficient (Wildman–Crippen LogP) is 8.95. The Morgan fingerprint density at radius 1 is 0.813 bits per heavy atom. The molecule has 3 rings (SSSR count). The predicted molar refractivity (Wildman–Crippen MR) is 359 cm³/mol. The van der Waals surface area contributed by atoms with E-state index in [-0.39, 0.29) is 80.4 Å². The largest absolute Gasteiger partial charge is 0.455 e. The monoisotopic (exact) mass is 1400 g/mol. The van der Waals surface area contributed by atoms with E-state index in [1.807, 2.05) is 75.3 Å². The minimum absolute atomic E-state index is 0.0342. The number of likely N-dealkylation sites (N-methyl/N-ethyl adjacent to an activating group) is 2. The highest BCUT2D eigenvalue weighted by molar-refractivity contribution is 14.1. The molecule has 8 atom stereocenters. The lowest BCUT2D eigenvalue weighted by Crippen LogP contribution is -2.58. The van der Waals surface area contributed by atoms with E-state index in [1.54, 1.807) is 91.0 Å². The fraction of sp³-hybridized carbons (Fsp3) is 0.618. The van der Waals surface area contributed by atoms with Gasteiger partial charge in [-0.1, -0.05) is 89.1 Å². The van der Waals surface area contributed by atoms with Crippen LogP contribution in [-0.2, 0) is 63.7 Å². The Bertz CT molecular complexity index is 2840. The summed E-state index contributed by atoms with van der Waals surface area (Å²) in [5.41, 5.74) is 1.37. The van der Waals surface area contributed by atoms with Gasteiger partial charge in [0.05, 0.1) is 31.0 Å². The van der Waals surface area contributed by atoms with Crippen LogP contribution >= 0.6 is 34.2 Å². The van der Waals surface area contributed by atoms with Crippen LogP contribution in [0.1, 0.15) is 180 Å². The molecular formula is C68H101ClIN7O14. The molecule has 0 bridgehead atoms. The lowest BCUT2D eigenvalue weighted by molar-refractivity contribution is -0.154. The van der Waals surface area contributed by atoms with Gasteiger partial charge in [-0.05, 0) is 183 Å². The highest BCUT2D eigenvalue weighted by atomic mass is 127. The number of carbonyl (C=O) groups is 10. The van der Waals surface area contributed by atoms with Crippen molar-refractivity contribution in [1.29, 1.82) is 0 Å². The number of rotatable bonds is 25. The standard InChI is InChI=1S/C68H101ClIN7O14/c1-16-43(5)57-62(83)75-59(70)66(87)91-58(44(6)17-2)45(7)21-20-22-46(8)65(86)90-54(39-42(3)4)61(82)73-52(63(84)77(15)53(40-48-24-30-51(69)31-25-48)64(85)76(14)41-56(80)74-57)23-18-19-35-71-55(79)32-33-67(10,11)88-37-34-68(12,13)89-38-36-72-60(81)50-28-26-49(27-29-50)47(9)78/h17,22,24-31,42-43,45,52-54,57-59H,16,18-21,23,32-41H2,1-15H3,(H,71,79)(H,72,81)(H,73,82)(H,74,80)(H,75,83)/b44-17+,46-22+/t43-,45+,52+,53-,54-,57?,58-,59+/m1/s1. The molecule has 1 heterocycles. The first-order valence-electron chi connectivity index (χ1n) is 31.6. The second-order valence-corrected chi connectivity index (χ2v) is 27.1. The van der Waals surface area contributed by atoms with Gasteiger partial charge in [-0.15, -0.1) is 0 Å². The maximum absolute atomic E-state index is 15.1. The number of ketones is 1. The number of hydrogen-bond acceptors (Lipinski definition) is 14. The van der Waals surface area contributed by atoms with Crippen molar-refractivity contribution in [2.24, 2.45) is 17.8 Å². The summed E-state index contributed by atoms with van der Waals surface area (Å²) in [6.07, 6.45) is 4.80. The Morgan fingerprint density at radius 2 is 1.44 bits per heavy atom. The van der Waals surface area contributed by atoms with Crippen LogP contribution in [0.5, 0.6) is 0 Å². The topological polar surface area (TPSA) is 274 Å². The normalized spacial score (nSPS) is 22.2. The molecule has 2 aromatic carbocycles. The van der Waals surface area contributed by atoms with Gasteiger partial charge in [-0.3, -0.25) is 38.4 Å². The molecule has 0 radical (unpaired) electrons. The summed E-state index contributed by atoms with van der Waals surface area (Å²) in [6.45, 7) is 24.3. The molecule has 0 saturated carbocycles. The van der Waals surface area contributed by atoms with Crippen molar-refractivity contribution in [3.63, 3.8) is 0 Å². The lowest BCUT2D eigenvalue weighted by Gasteiger charge is -2.34. The summed E-state index contributed by atoms with van der Waals surface area (Å²) >= 11 is 8.04. The summed E-state index contributed by atoms with van der Waals surface area (Å²) in [5.74, 6) is -6.11. The summed E-state index contributed by atoms with van der Waals surface area (Å²) in [6, 6.07) is 9.53. The number of unbranched alkanes of at least 4 members (excludes halogenated alkanes) is 1. The second kappa shape index (κ2) is 38.7. The molecule has 1 aliphatic rings. The van der Waals surface area contributed by atoms with Crippen LogP contribution in [0.2, 0.25) is 5.02 Å². The first-order valence-corrected chi connectivity index (χ1v) is 33.3. The van der Waals surface area contributed by atoms with Crippen LogP contribution < -0.4 is 26.6 Å². The van der Waals surface area contributed by atoms with E-state index in [4.69, 9.17) is 30.5 Å². The Balaban J connectivity index is 1.85. The summed E-state index contributed by atoms with van der Waals surface area (Å²) in [5, 5.41) is 14.6. The highest BCUT2D eigenvalue weighted by Crippen LogP contribution is 2.26. The van der Waals surface area contributed by atoms with Crippen molar-refractivity contribution in [2.75, 3.05) is 46.9 Å². The fourth-order valence-corrected chi connectivity index (χ4v) is 10.5. The molecule has 5 N–H and O–H groups in total. The summed E-state index contributed by atoms with van der Waals surface area (Å²) in [7, 11) is 2.84. The van der Waals surface area contributed by atoms with E-state index < -0.39 is 99.5 Å². The molecule has 21 nitrogen and oxygen atoms in total. The quantitative estimate of drug-likeness (QED) is 0.0118. The zero-order valence-electron chi connectivity index (χ0n) is 56.1. The van der Waals surface area contributed by atoms with Crippen LogP contribution in [0.4, 0.5) is 0 Å². The van der Waals surface area contributed by atoms with Crippen molar-refractivity contribution in [2.45, 2.75) is 206 Å². The van der Waals surface area contributed by atoms with E-state index in [9.17, 15) is 43.2 Å². The molecule has 0 saturated heterocycles. The number of esters is 2. The molecule has 1 aliphatic heterocycles. The highest BCUT2D eigenvalue weighted by Gasteiger charge is 2.38. The maximum Gasteiger partial charge on any atom is 0.339 e. The average molecular weight is 1400 g/mol. The Morgan fingerprint density at radius 3 is 2.05 bits per heavy atom. The van der Waals surface area contributed by atoms with Gasteiger partial charge in [0.25, 0.3) is 11.8 Å². The van der Waals surface area contributed by atoms with Crippen molar-refractivity contribution in [1.82, 2.24) is 36.4 Å². The molecular weight excluding hydrogens is 1300 g/mol. The molecule has 2 aromatic rings. The third kappa shape index (κ3) is 27.9. The number of carbonyl (C=O) groups excluding carboxylic acids is 10. The van der Waals surface area contributed by atoms with Crippen LogP contribution in [0, 0.1) is 17.8 Å². The second-order valence-electron chi connectivity index (χ2n) is 25.4. The fourth-order valence-electron chi connectivity index (χ4n) is 9.93. The Hall–Kier alpha value is -6.24. The number of Topliss-reactive ketones (excluding diaryl/α,β-unsaturated/α-hetero) is 1. The third-order valence-corrected chi connectivity index (χ3v) is 17.3. The van der Waals surface area contributed by atoms with Gasteiger partial charge in [-0.25, -0.2) is 9.59 Å². The molecule has 0 spiro atoms. The molecule has 7 amide bonds. The number of halogens is 2. The SMILES string of the molecule is C/C=C(\C)[C@H]1OC(=O)[C@@H](I)NC(=O)C([C@H](C)CC)NC(=O)CN(C)C(=O)[C@@H](Cc2ccc(Cl)cc2)N(C)C(=O)[C@H](CCCCNC(=O)CCC(C)(C)OCCC(C)(C)OCCNC(=O)c2ccc(C(C)=O)cc2)NC(=O)[C@@H](CC(C)C)OC(=O)/C(C)=C/CC[C@@H]1C. The number of hydrogen-bond donors (Lipinski definition) is 5. The third-order valence-electron chi connectivity index (χ3n) is 16.2. The van der Waals surface area contributed by atoms with Crippen molar-refractivity contribution in [3.05, 3.63) is 93.5 Å². The zero-order chi connectivity index (χ0) is 68.3. The summed E-state index contributed by atoms with van der Waals surface area (Å²) < 4.78 is 23.1. The number of alkyl halides is 1. The molecule has 1 unspecified atom stereocenters. The number of nitrogens with zero attached hydrogens (tertiary/aromatic N) is 2. The van der Waals surface area contributed by atoms with E-state index in [1.165, 1.54) is 25.9 Å². The van der Waals surface area contributed by atoms with Crippen LogP contribution in [0.3, 0.4) is 0 Å². The number of amides is 7. The number of nitrogens with one attached hydrogen (secondary N) is 5. The van der Waals surface area contributed by atoms with E-state index in [0.29, 0.717) is 73.3 Å². The first kappa shape index (κ1) is 79.0. The number of ether oxygens (including phenoxy) is 4. The van der Waals surface area contributed by atoms with Gasteiger partial charge in [0.1, 0.15) is 24.2 Å². The lowest BCUT2D eigenvalue weighted by atomic mass is 9.93. The number of allylic oxidation sites excluding steroid dienone is 2. The van der Waals surface area contributed by atoms with Gasteiger partial charge < -0.3 is 55.3 Å². The van der Waals surface area contributed by atoms with E-state index in [0.717, 1.165) is 10.5 Å². The average Bonchev–Trinajstić information content (AvgIpc) is 1.13. The minimum atomic E-state index is -1.32. The smallest absolute Gasteiger partial charge is 0.339 e. The van der Waals surface area contributed by atoms with E-state index in [2.05, 4.69) is 26.6 Å². The first-order chi connectivity index (χ1) is 42.7. The molecule has 0 fully saturated rings. The molecule has 0 aromatic heterocycles. The van der Waals surface area contributed by atoms with Gasteiger partial charge in [0, 0.05) is 61.7 Å². The maximum atomic E-state index is 15.1. The Kier molecular flexibility index (Phi) is 33.6. The molecule has 91 heavy (non-hydrogen) atoms. The van der Waals surface area contributed by atoms with Crippen molar-refractivity contribution >= 4 is 93.3 Å². The van der Waals surface area contributed by atoms with Crippen LogP contribution in [-0.4, -0.2) is 161 Å². The number of benzene rings is 2. The summed E-state index contributed by atoms with van der Waals surface area (Å²) in [4.78, 5) is 140. The van der Waals surface area contributed by atoms with Crippen LogP contribution in [0.15, 0.2) is 71.8 Å². The minimum Gasteiger partial charge on any atom is -0.455 e. The zero-order valence-corrected chi connectivity index (χ0v) is 59.1. The molecule has 0 aliphatic carbocycles. The van der Waals surface area contributed by atoms with E-state index >= 15 is 4.79 Å².